The smallest absolute Gasteiger partial charge is 0.329 e. The van der Waals surface area contributed by atoms with Crippen LogP contribution in [-0.2, 0) is 9.53 Å². The van der Waals surface area contributed by atoms with Crippen LogP contribution in [0.4, 0.5) is 0 Å². The number of rotatable bonds is 4. The maximum absolute atomic E-state index is 10.9. The van der Waals surface area contributed by atoms with Gasteiger partial charge in [0.05, 0.1) is 0 Å². The largest absolute Gasteiger partial charge is 0.411 e. The molecule has 0 rings (SSSR count). The van der Waals surface area contributed by atoms with Crippen molar-refractivity contribution in [1.29, 1.82) is 5.41 Å². The summed E-state index contributed by atoms with van der Waals surface area (Å²) in [5.74, 6) is -0.695. The second kappa shape index (κ2) is 5.68. The van der Waals surface area contributed by atoms with Crippen molar-refractivity contribution in [2.75, 3.05) is 6.54 Å². The van der Waals surface area contributed by atoms with Gasteiger partial charge in [0.25, 0.3) is 0 Å². The van der Waals surface area contributed by atoms with E-state index in [9.17, 15) is 4.79 Å². The maximum atomic E-state index is 10.9. The summed E-state index contributed by atoms with van der Waals surface area (Å²) in [7, 11) is 0. The van der Waals surface area contributed by atoms with E-state index in [4.69, 9.17) is 16.9 Å². The Morgan fingerprint density at radius 1 is 1.67 bits per heavy atom. The van der Waals surface area contributed by atoms with Gasteiger partial charge >= 0.3 is 5.97 Å². The predicted molar refractivity (Wildman–Crippen MR) is 45.8 cm³/mol. The zero-order valence-electron chi connectivity index (χ0n) is 7.17. The summed E-state index contributed by atoms with van der Waals surface area (Å²) in [6.07, 6.45) is 1.19. The van der Waals surface area contributed by atoms with E-state index in [1.807, 2.05) is 0 Å². The van der Waals surface area contributed by atoms with Gasteiger partial charge in [-0.15, -0.1) is 0 Å². The minimum atomic E-state index is -0.658. The molecule has 0 aliphatic rings. The van der Waals surface area contributed by atoms with E-state index in [0.717, 1.165) is 0 Å². The van der Waals surface area contributed by atoms with Gasteiger partial charge in [0.15, 0.2) is 5.90 Å². The van der Waals surface area contributed by atoms with Gasteiger partial charge in [-0.05, 0) is 19.4 Å². The highest BCUT2D eigenvalue weighted by atomic mass is 16.5. The lowest BCUT2D eigenvalue weighted by Crippen LogP contribution is -2.33. The SMILES string of the molecule is CC(=N)OC(=O)[C@H](N)CCCN. The molecule has 0 radical (unpaired) electrons. The molecule has 0 bridgehead atoms. The number of esters is 1. The normalized spacial score (nSPS) is 12.2. The molecule has 0 aromatic carbocycles. The van der Waals surface area contributed by atoms with Crippen LogP contribution in [0.3, 0.4) is 0 Å². The van der Waals surface area contributed by atoms with Crippen LogP contribution in [0, 0.1) is 5.41 Å². The van der Waals surface area contributed by atoms with E-state index in [2.05, 4.69) is 4.74 Å². The van der Waals surface area contributed by atoms with Gasteiger partial charge in [-0.25, -0.2) is 4.79 Å². The first-order valence-electron chi connectivity index (χ1n) is 3.80. The van der Waals surface area contributed by atoms with Gasteiger partial charge in [0.2, 0.25) is 0 Å². The Morgan fingerprint density at radius 3 is 2.67 bits per heavy atom. The first kappa shape index (κ1) is 11.1. The van der Waals surface area contributed by atoms with Crippen molar-refractivity contribution in [3.05, 3.63) is 0 Å². The quantitative estimate of drug-likeness (QED) is 0.305. The Hall–Kier alpha value is -0.940. The molecule has 0 fully saturated rings. The summed E-state index contributed by atoms with van der Waals surface area (Å²) < 4.78 is 4.49. The van der Waals surface area contributed by atoms with Crippen LogP contribution in [0.15, 0.2) is 0 Å². The van der Waals surface area contributed by atoms with E-state index in [1.54, 1.807) is 0 Å². The molecular formula is C7H15N3O2. The van der Waals surface area contributed by atoms with E-state index in [1.165, 1.54) is 6.92 Å². The zero-order valence-corrected chi connectivity index (χ0v) is 7.17. The van der Waals surface area contributed by atoms with Crippen molar-refractivity contribution in [3.8, 4) is 0 Å². The van der Waals surface area contributed by atoms with E-state index in [0.29, 0.717) is 19.4 Å². The topological polar surface area (TPSA) is 102 Å². The summed E-state index contributed by atoms with van der Waals surface area (Å²) in [5, 5.41) is 6.87. The molecule has 0 unspecified atom stereocenters. The fraction of sp³-hybridized carbons (Fsp3) is 0.714. The lowest BCUT2D eigenvalue weighted by Gasteiger charge is -2.08. The summed E-state index contributed by atoms with van der Waals surface area (Å²) in [5.41, 5.74) is 10.7. The molecule has 0 amide bonds. The van der Waals surface area contributed by atoms with Gasteiger partial charge in [-0.1, -0.05) is 0 Å². The van der Waals surface area contributed by atoms with Crippen LogP contribution in [-0.4, -0.2) is 24.5 Å². The minimum Gasteiger partial charge on any atom is -0.411 e. The van der Waals surface area contributed by atoms with E-state index >= 15 is 0 Å². The van der Waals surface area contributed by atoms with Gasteiger partial charge in [0.1, 0.15) is 6.04 Å². The average molecular weight is 173 g/mol. The van der Waals surface area contributed by atoms with Crippen LogP contribution in [0.1, 0.15) is 19.8 Å². The Morgan fingerprint density at radius 2 is 2.25 bits per heavy atom. The van der Waals surface area contributed by atoms with Crippen molar-refractivity contribution >= 4 is 11.9 Å². The highest BCUT2D eigenvalue weighted by Crippen LogP contribution is 1.95. The van der Waals surface area contributed by atoms with Crippen LogP contribution in [0.25, 0.3) is 0 Å². The fourth-order valence-electron chi connectivity index (χ4n) is 0.682. The summed E-state index contributed by atoms with van der Waals surface area (Å²) in [4.78, 5) is 10.9. The van der Waals surface area contributed by atoms with Crippen molar-refractivity contribution in [3.63, 3.8) is 0 Å². The number of hydrogen-bond donors (Lipinski definition) is 3. The highest BCUT2D eigenvalue weighted by Gasteiger charge is 2.14. The second-order valence-corrected chi connectivity index (χ2v) is 2.51. The Balaban J connectivity index is 3.69. The Labute approximate surface area is 71.6 Å². The lowest BCUT2D eigenvalue weighted by atomic mass is 10.2. The standard InChI is InChI=1S/C7H15N3O2/c1-5(9)12-7(11)6(10)3-2-4-8/h6,9H,2-4,8,10H2,1H3/t6-/m1/s1. The van der Waals surface area contributed by atoms with Crippen molar-refractivity contribution in [1.82, 2.24) is 0 Å². The third-order valence-corrected chi connectivity index (χ3v) is 1.28. The number of ether oxygens (including phenoxy) is 1. The average Bonchev–Trinajstić information content (AvgIpc) is 1.98. The first-order chi connectivity index (χ1) is 5.57. The van der Waals surface area contributed by atoms with Crippen molar-refractivity contribution in [2.45, 2.75) is 25.8 Å². The van der Waals surface area contributed by atoms with Crippen LogP contribution < -0.4 is 11.5 Å². The summed E-state index contributed by atoms with van der Waals surface area (Å²) in [6.45, 7) is 1.89. The molecule has 70 valence electrons. The molecule has 5 N–H and O–H groups in total. The molecule has 1 atom stereocenters. The van der Waals surface area contributed by atoms with E-state index in [-0.39, 0.29) is 5.90 Å². The third-order valence-electron chi connectivity index (χ3n) is 1.28. The third kappa shape index (κ3) is 4.81. The van der Waals surface area contributed by atoms with Gasteiger partial charge in [-0.3, -0.25) is 5.41 Å². The highest BCUT2D eigenvalue weighted by molar-refractivity contribution is 5.88. The second-order valence-electron chi connectivity index (χ2n) is 2.51. The van der Waals surface area contributed by atoms with Crippen LogP contribution in [0.2, 0.25) is 0 Å². The molecule has 0 saturated carbocycles. The minimum absolute atomic E-state index is 0.136. The summed E-state index contributed by atoms with van der Waals surface area (Å²) in [6, 6.07) is -0.658. The Bertz CT molecular complexity index is 170. The molecule has 0 aromatic heterocycles. The summed E-state index contributed by atoms with van der Waals surface area (Å²) >= 11 is 0. The Kier molecular flexibility index (Phi) is 5.23. The van der Waals surface area contributed by atoms with Crippen LogP contribution >= 0.6 is 0 Å². The van der Waals surface area contributed by atoms with Gasteiger partial charge < -0.3 is 16.2 Å². The predicted octanol–water partition coefficient (Wildman–Crippen LogP) is -0.407. The maximum Gasteiger partial charge on any atom is 0.329 e. The molecule has 0 aliphatic carbocycles. The molecule has 0 heterocycles. The number of carbonyl (C=O) groups is 1. The molecule has 5 heteroatoms. The molecule has 0 aliphatic heterocycles. The molecule has 0 aromatic rings. The molecular weight excluding hydrogens is 158 g/mol. The number of nitrogens with two attached hydrogens (primary N) is 2. The monoisotopic (exact) mass is 173 g/mol. The first-order valence-corrected chi connectivity index (χ1v) is 3.80. The molecule has 5 nitrogen and oxygen atoms in total. The van der Waals surface area contributed by atoms with Gasteiger partial charge in [0, 0.05) is 6.92 Å². The molecule has 0 saturated heterocycles. The zero-order chi connectivity index (χ0) is 9.56. The van der Waals surface area contributed by atoms with Gasteiger partial charge in [-0.2, -0.15) is 0 Å². The van der Waals surface area contributed by atoms with Crippen molar-refractivity contribution < 1.29 is 9.53 Å². The number of hydrogen-bond acceptors (Lipinski definition) is 5. The van der Waals surface area contributed by atoms with E-state index < -0.39 is 12.0 Å². The van der Waals surface area contributed by atoms with Crippen LogP contribution in [0.5, 0.6) is 0 Å². The number of carbonyl (C=O) groups excluding carboxylic acids is 1. The lowest BCUT2D eigenvalue weighted by molar-refractivity contribution is -0.137. The molecule has 12 heavy (non-hydrogen) atoms. The van der Waals surface area contributed by atoms with Crippen molar-refractivity contribution in [2.24, 2.45) is 11.5 Å². The fourth-order valence-corrected chi connectivity index (χ4v) is 0.682. The molecule has 0 spiro atoms. The number of nitrogens with one attached hydrogen (secondary N) is 1.